The van der Waals surface area contributed by atoms with Gasteiger partial charge in [-0.15, -0.1) is 0 Å². The van der Waals surface area contributed by atoms with Crippen LogP contribution in [0.15, 0.2) is 10.7 Å². The number of hydrogen-bond acceptors (Lipinski definition) is 5. The second kappa shape index (κ2) is 5.73. The zero-order chi connectivity index (χ0) is 14.0. The number of ether oxygens (including phenoxy) is 1. The smallest absolute Gasteiger partial charge is 0.137 e. The Kier molecular flexibility index (Phi) is 4.43. The van der Waals surface area contributed by atoms with E-state index in [1.165, 1.54) is 0 Å². The van der Waals surface area contributed by atoms with E-state index in [4.69, 9.17) is 4.74 Å². The molecule has 0 bridgehead atoms. The number of rotatable bonds is 2. The first kappa shape index (κ1) is 14.7. The van der Waals surface area contributed by atoms with Crippen LogP contribution in [0, 0.1) is 0 Å². The van der Waals surface area contributed by atoms with Crippen molar-refractivity contribution in [3.63, 3.8) is 0 Å². The van der Waals surface area contributed by atoms with Crippen molar-refractivity contribution >= 4 is 21.7 Å². The highest BCUT2D eigenvalue weighted by Crippen LogP contribution is 2.25. The number of halogens is 1. The first-order valence-corrected chi connectivity index (χ1v) is 7.22. The first-order chi connectivity index (χ1) is 8.90. The molecule has 1 atom stereocenters. The molecule has 1 aromatic rings. The fourth-order valence-corrected chi connectivity index (χ4v) is 2.31. The fourth-order valence-electron chi connectivity index (χ4n) is 1.94. The van der Waals surface area contributed by atoms with Crippen molar-refractivity contribution in [1.29, 1.82) is 0 Å². The lowest BCUT2D eigenvalue weighted by Crippen LogP contribution is -2.44. The van der Waals surface area contributed by atoms with Crippen LogP contribution in [0.5, 0.6) is 0 Å². The minimum Gasteiger partial charge on any atom is -0.394 e. The molecule has 2 rings (SSSR count). The molecule has 1 fully saturated rings. The van der Waals surface area contributed by atoms with Crippen molar-refractivity contribution in [2.75, 3.05) is 31.2 Å². The standard InChI is InChI=1S/C13H20BrN3O2/c1-13(2,3)12-15-10(14)6-11(16-12)17-4-5-19-9(7-17)8-18/h6,9,18H,4-5,7-8H2,1-3H3. The minimum atomic E-state index is -0.138. The molecule has 1 N–H and O–H groups in total. The molecule has 0 aliphatic carbocycles. The molecular weight excluding hydrogens is 310 g/mol. The van der Waals surface area contributed by atoms with Gasteiger partial charge in [0.1, 0.15) is 16.2 Å². The van der Waals surface area contributed by atoms with Crippen LogP contribution in [0.25, 0.3) is 0 Å². The minimum absolute atomic E-state index is 0.0366. The maximum atomic E-state index is 9.20. The number of anilines is 1. The molecule has 106 valence electrons. The van der Waals surface area contributed by atoms with Gasteiger partial charge in [0, 0.05) is 24.6 Å². The summed E-state index contributed by atoms with van der Waals surface area (Å²) in [4.78, 5) is 11.2. The van der Waals surface area contributed by atoms with E-state index in [1.807, 2.05) is 6.07 Å². The molecule has 2 heterocycles. The molecule has 1 unspecified atom stereocenters. The van der Waals surface area contributed by atoms with Gasteiger partial charge < -0.3 is 14.7 Å². The SMILES string of the molecule is CC(C)(C)c1nc(Br)cc(N2CCOC(CO)C2)n1. The van der Waals surface area contributed by atoms with Crippen LogP contribution in [0.3, 0.4) is 0 Å². The monoisotopic (exact) mass is 329 g/mol. The molecule has 5 nitrogen and oxygen atoms in total. The molecule has 1 aromatic heterocycles. The van der Waals surface area contributed by atoms with E-state index in [0.29, 0.717) is 13.2 Å². The molecular formula is C13H20BrN3O2. The predicted molar refractivity (Wildman–Crippen MR) is 77.5 cm³/mol. The van der Waals surface area contributed by atoms with Crippen molar-refractivity contribution in [1.82, 2.24) is 9.97 Å². The molecule has 0 amide bonds. The molecule has 1 aliphatic rings. The Balaban J connectivity index is 2.26. The lowest BCUT2D eigenvalue weighted by molar-refractivity contribution is 0.00333. The molecule has 0 spiro atoms. The summed E-state index contributed by atoms with van der Waals surface area (Å²) in [5.41, 5.74) is -0.0960. The summed E-state index contributed by atoms with van der Waals surface area (Å²) in [5, 5.41) is 9.20. The third-order valence-corrected chi connectivity index (χ3v) is 3.42. The number of aromatic nitrogens is 2. The van der Waals surface area contributed by atoms with Gasteiger partial charge in [-0.1, -0.05) is 20.8 Å². The van der Waals surface area contributed by atoms with Gasteiger partial charge in [0.25, 0.3) is 0 Å². The summed E-state index contributed by atoms with van der Waals surface area (Å²) in [7, 11) is 0. The molecule has 0 aromatic carbocycles. The zero-order valence-electron chi connectivity index (χ0n) is 11.6. The van der Waals surface area contributed by atoms with E-state index >= 15 is 0 Å². The van der Waals surface area contributed by atoms with Crippen LogP contribution < -0.4 is 4.90 Å². The summed E-state index contributed by atoms with van der Waals surface area (Å²) >= 11 is 3.45. The van der Waals surface area contributed by atoms with Gasteiger partial charge in [-0.3, -0.25) is 0 Å². The maximum Gasteiger partial charge on any atom is 0.137 e. The third kappa shape index (κ3) is 3.64. The van der Waals surface area contributed by atoms with Crippen LogP contribution in [0.2, 0.25) is 0 Å². The van der Waals surface area contributed by atoms with E-state index in [-0.39, 0.29) is 18.1 Å². The third-order valence-electron chi connectivity index (χ3n) is 3.02. The summed E-state index contributed by atoms with van der Waals surface area (Å²) in [6, 6.07) is 1.91. The van der Waals surface area contributed by atoms with Gasteiger partial charge in [0.2, 0.25) is 0 Å². The number of aliphatic hydroxyl groups is 1. The highest BCUT2D eigenvalue weighted by atomic mass is 79.9. The summed E-state index contributed by atoms with van der Waals surface area (Å²) in [5.74, 6) is 1.69. The Labute approximate surface area is 122 Å². The average molecular weight is 330 g/mol. The molecule has 1 aliphatic heterocycles. The molecule has 1 saturated heterocycles. The largest absolute Gasteiger partial charge is 0.394 e. The average Bonchev–Trinajstić information content (AvgIpc) is 2.37. The van der Waals surface area contributed by atoms with Gasteiger partial charge in [-0.2, -0.15) is 0 Å². The van der Waals surface area contributed by atoms with Crippen molar-refractivity contribution in [2.45, 2.75) is 32.3 Å². The van der Waals surface area contributed by atoms with Crippen molar-refractivity contribution in [2.24, 2.45) is 0 Å². The second-order valence-corrected chi connectivity index (χ2v) is 6.56. The van der Waals surface area contributed by atoms with Crippen LogP contribution in [-0.4, -0.2) is 47.5 Å². The van der Waals surface area contributed by atoms with Gasteiger partial charge in [0.05, 0.1) is 19.3 Å². The summed E-state index contributed by atoms with van der Waals surface area (Å²) < 4.78 is 6.25. The van der Waals surface area contributed by atoms with Gasteiger partial charge >= 0.3 is 0 Å². The summed E-state index contributed by atoms with van der Waals surface area (Å²) in [6.45, 7) is 8.36. The number of hydrogen-bond donors (Lipinski definition) is 1. The van der Waals surface area contributed by atoms with E-state index in [2.05, 4.69) is 51.6 Å². The Hall–Kier alpha value is -0.720. The Morgan fingerprint density at radius 1 is 1.47 bits per heavy atom. The highest BCUT2D eigenvalue weighted by molar-refractivity contribution is 9.10. The van der Waals surface area contributed by atoms with Crippen LogP contribution in [-0.2, 0) is 10.2 Å². The quantitative estimate of drug-likeness (QED) is 0.837. The zero-order valence-corrected chi connectivity index (χ0v) is 13.1. The van der Waals surface area contributed by atoms with Crippen LogP contribution >= 0.6 is 15.9 Å². The topological polar surface area (TPSA) is 58.5 Å². The number of nitrogens with zero attached hydrogens (tertiary/aromatic N) is 3. The first-order valence-electron chi connectivity index (χ1n) is 6.42. The molecule has 6 heteroatoms. The van der Waals surface area contributed by atoms with Crippen LogP contribution in [0.1, 0.15) is 26.6 Å². The summed E-state index contributed by atoms with van der Waals surface area (Å²) in [6.07, 6.45) is -0.138. The Morgan fingerprint density at radius 2 is 2.21 bits per heavy atom. The van der Waals surface area contributed by atoms with Gasteiger partial charge in [-0.25, -0.2) is 9.97 Å². The van der Waals surface area contributed by atoms with Crippen molar-refractivity contribution < 1.29 is 9.84 Å². The fraction of sp³-hybridized carbons (Fsp3) is 0.692. The highest BCUT2D eigenvalue weighted by Gasteiger charge is 2.24. The number of aliphatic hydroxyl groups excluding tert-OH is 1. The van der Waals surface area contributed by atoms with E-state index in [9.17, 15) is 5.11 Å². The van der Waals surface area contributed by atoms with E-state index in [1.54, 1.807) is 0 Å². The predicted octanol–water partition coefficient (Wildman–Crippen LogP) is 1.73. The molecule has 0 radical (unpaired) electrons. The van der Waals surface area contributed by atoms with E-state index < -0.39 is 0 Å². The maximum absolute atomic E-state index is 9.20. The number of morpholine rings is 1. The Bertz CT molecular complexity index is 448. The normalized spacial score (nSPS) is 20.7. The lowest BCUT2D eigenvalue weighted by atomic mass is 9.96. The second-order valence-electron chi connectivity index (χ2n) is 5.74. The van der Waals surface area contributed by atoms with E-state index in [0.717, 1.165) is 22.8 Å². The van der Waals surface area contributed by atoms with Crippen molar-refractivity contribution in [3.8, 4) is 0 Å². The van der Waals surface area contributed by atoms with Gasteiger partial charge in [0.15, 0.2) is 0 Å². The molecule has 0 saturated carbocycles. The van der Waals surface area contributed by atoms with Crippen LogP contribution in [0.4, 0.5) is 5.82 Å². The lowest BCUT2D eigenvalue weighted by Gasteiger charge is -2.33. The van der Waals surface area contributed by atoms with Gasteiger partial charge in [-0.05, 0) is 15.9 Å². The van der Waals surface area contributed by atoms with Crippen molar-refractivity contribution in [3.05, 3.63) is 16.5 Å². The Morgan fingerprint density at radius 3 is 2.84 bits per heavy atom. The molecule has 19 heavy (non-hydrogen) atoms.